The van der Waals surface area contributed by atoms with Gasteiger partial charge in [0.15, 0.2) is 0 Å². The van der Waals surface area contributed by atoms with Crippen LogP contribution >= 0.6 is 0 Å². The van der Waals surface area contributed by atoms with Gasteiger partial charge in [0.05, 0.1) is 0 Å². The first-order chi connectivity index (χ1) is 15.9. The quantitative estimate of drug-likeness (QED) is 0.130. The lowest BCUT2D eigenvalue weighted by molar-refractivity contribution is 0.319. The molecule has 1 atom stereocenters. The summed E-state index contributed by atoms with van der Waals surface area (Å²) in [6.07, 6.45) is 14.9. The zero-order valence-electron chi connectivity index (χ0n) is 21.7. The van der Waals surface area contributed by atoms with Crippen molar-refractivity contribution in [2.45, 2.75) is 91.4 Å². The first-order valence-corrected chi connectivity index (χ1v) is 12.9. The lowest BCUT2D eigenvalue weighted by atomic mass is 9.71. The molecule has 0 amide bonds. The van der Waals surface area contributed by atoms with Gasteiger partial charge in [-0.2, -0.15) is 0 Å². The lowest BCUT2D eigenvalue weighted by Gasteiger charge is -2.33. The van der Waals surface area contributed by atoms with Crippen LogP contribution in [-0.2, 0) is 18.3 Å². The summed E-state index contributed by atoms with van der Waals surface area (Å²) in [5, 5.41) is 7.28. The van der Waals surface area contributed by atoms with E-state index in [9.17, 15) is 0 Å². The van der Waals surface area contributed by atoms with E-state index >= 15 is 0 Å². The maximum atomic E-state index is 7.28. The van der Waals surface area contributed by atoms with Crippen molar-refractivity contribution in [2.24, 2.45) is 5.92 Å². The van der Waals surface area contributed by atoms with E-state index < -0.39 is 0 Å². The highest BCUT2D eigenvalue weighted by Crippen LogP contribution is 2.36. The second-order valence-electron chi connectivity index (χ2n) is 9.98. The van der Waals surface area contributed by atoms with E-state index in [1.807, 2.05) is 6.08 Å². The van der Waals surface area contributed by atoms with Gasteiger partial charge in [-0.1, -0.05) is 103 Å². The third-order valence-corrected chi connectivity index (χ3v) is 7.37. The molecule has 178 valence electrons. The average molecular weight is 444 g/mol. The number of rotatable bonds is 14. The van der Waals surface area contributed by atoms with Crippen LogP contribution < -0.4 is 0 Å². The second kappa shape index (κ2) is 13.3. The predicted octanol–water partition coefficient (Wildman–Crippen LogP) is 9.44. The van der Waals surface area contributed by atoms with Gasteiger partial charge in [0, 0.05) is 0 Å². The van der Waals surface area contributed by atoms with Crippen molar-refractivity contribution in [3.05, 3.63) is 82.9 Å². The zero-order chi connectivity index (χ0) is 24.3. The molecule has 33 heavy (non-hydrogen) atoms. The minimum absolute atomic E-state index is 0.114. The van der Waals surface area contributed by atoms with E-state index in [0.29, 0.717) is 5.92 Å². The molecule has 1 N–H and O–H groups in total. The fourth-order valence-corrected chi connectivity index (χ4v) is 4.50. The first-order valence-electron chi connectivity index (χ1n) is 12.9. The van der Waals surface area contributed by atoms with Crippen molar-refractivity contribution >= 4 is 17.9 Å². The standard InChI is InChI=1S/C32H45N/c1-7-10-11-15-26-16-18-29(19-17-26)27(8-2)23-30-20-21-31(24-28(30)9-3)32(5,6)25(4)14-12-13-22-33/h8,16-25,33H,2,7,9-15H2,1,3-6H3/b27-23+,33-22?. The number of aryl methyl sites for hydroxylation is 2. The van der Waals surface area contributed by atoms with E-state index in [0.717, 1.165) is 32.1 Å². The zero-order valence-corrected chi connectivity index (χ0v) is 21.7. The molecule has 2 rings (SSSR count). The Balaban J connectivity index is 2.26. The van der Waals surface area contributed by atoms with Gasteiger partial charge < -0.3 is 5.41 Å². The number of benzene rings is 2. The van der Waals surface area contributed by atoms with Gasteiger partial charge in [-0.05, 0) is 95.5 Å². The van der Waals surface area contributed by atoms with Crippen LogP contribution in [0.1, 0.15) is 101 Å². The molecule has 2 aromatic rings. The Labute approximate surface area is 203 Å². The molecule has 0 saturated heterocycles. The first kappa shape index (κ1) is 26.8. The smallest absolute Gasteiger partial charge is 0.00477 e. The Bertz CT molecular complexity index is 914. The summed E-state index contributed by atoms with van der Waals surface area (Å²) < 4.78 is 0. The van der Waals surface area contributed by atoms with Gasteiger partial charge in [0.1, 0.15) is 0 Å². The van der Waals surface area contributed by atoms with Crippen LogP contribution in [0.25, 0.3) is 11.6 Å². The molecular formula is C32H45N. The molecule has 0 aromatic heterocycles. The molecule has 0 aliphatic carbocycles. The van der Waals surface area contributed by atoms with Crippen molar-refractivity contribution in [3.8, 4) is 0 Å². The van der Waals surface area contributed by atoms with Gasteiger partial charge in [-0.25, -0.2) is 0 Å². The molecule has 1 unspecified atom stereocenters. The van der Waals surface area contributed by atoms with Crippen LogP contribution in [0.3, 0.4) is 0 Å². The normalized spacial score (nSPS) is 13.1. The largest absolute Gasteiger partial charge is 0.313 e. The van der Waals surface area contributed by atoms with Crippen LogP contribution in [0.4, 0.5) is 0 Å². The molecule has 0 heterocycles. The number of nitrogens with one attached hydrogen (secondary N) is 1. The number of unbranched alkanes of at least 4 members (excludes halogenated alkanes) is 3. The molecule has 0 spiro atoms. The number of hydrogen-bond acceptors (Lipinski definition) is 1. The molecule has 0 aliphatic heterocycles. The van der Waals surface area contributed by atoms with Crippen LogP contribution in [0.2, 0.25) is 0 Å². The maximum Gasteiger partial charge on any atom is -0.00477 e. The third-order valence-electron chi connectivity index (χ3n) is 7.37. The summed E-state index contributed by atoms with van der Waals surface area (Å²) in [6, 6.07) is 16.1. The average Bonchev–Trinajstić information content (AvgIpc) is 2.83. The Morgan fingerprint density at radius 1 is 1.03 bits per heavy atom. The summed E-state index contributed by atoms with van der Waals surface area (Å²) in [6.45, 7) is 15.7. The topological polar surface area (TPSA) is 23.9 Å². The monoisotopic (exact) mass is 443 g/mol. The minimum atomic E-state index is 0.114. The molecule has 0 saturated carbocycles. The molecule has 0 bridgehead atoms. The van der Waals surface area contributed by atoms with Crippen LogP contribution in [0, 0.1) is 11.3 Å². The molecule has 0 aliphatic rings. The summed E-state index contributed by atoms with van der Waals surface area (Å²) in [7, 11) is 0. The SMILES string of the molecule is C=C/C(=C\c1ccc(C(C)(C)C(C)CCCC=N)cc1CC)c1ccc(CCCCC)cc1. The van der Waals surface area contributed by atoms with Crippen LogP contribution in [-0.4, -0.2) is 6.21 Å². The van der Waals surface area contributed by atoms with Gasteiger partial charge in [-0.15, -0.1) is 0 Å². The Morgan fingerprint density at radius 3 is 2.36 bits per heavy atom. The van der Waals surface area contributed by atoms with E-state index in [1.54, 1.807) is 0 Å². The highest BCUT2D eigenvalue weighted by atomic mass is 14.3. The molecule has 1 nitrogen and oxygen atoms in total. The third kappa shape index (κ3) is 7.56. The van der Waals surface area contributed by atoms with E-state index in [1.165, 1.54) is 58.9 Å². The fourth-order valence-electron chi connectivity index (χ4n) is 4.50. The summed E-state index contributed by atoms with van der Waals surface area (Å²) in [5.41, 5.74) is 8.04. The van der Waals surface area contributed by atoms with Gasteiger partial charge >= 0.3 is 0 Å². The van der Waals surface area contributed by atoms with Crippen LogP contribution in [0.15, 0.2) is 55.1 Å². The number of hydrogen-bond donors (Lipinski definition) is 1. The Morgan fingerprint density at radius 2 is 1.76 bits per heavy atom. The Hall–Kier alpha value is -2.41. The molecule has 0 radical (unpaired) electrons. The van der Waals surface area contributed by atoms with Crippen molar-refractivity contribution in [3.63, 3.8) is 0 Å². The lowest BCUT2D eigenvalue weighted by Crippen LogP contribution is -2.27. The van der Waals surface area contributed by atoms with E-state index in [2.05, 4.69) is 89.7 Å². The van der Waals surface area contributed by atoms with Gasteiger partial charge in [0.25, 0.3) is 0 Å². The van der Waals surface area contributed by atoms with Crippen molar-refractivity contribution in [2.75, 3.05) is 0 Å². The molecular weight excluding hydrogens is 398 g/mol. The fraction of sp³-hybridized carbons (Fsp3) is 0.469. The van der Waals surface area contributed by atoms with Crippen molar-refractivity contribution < 1.29 is 0 Å². The van der Waals surface area contributed by atoms with Crippen molar-refractivity contribution in [1.29, 1.82) is 5.41 Å². The molecule has 0 fully saturated rings. The van der Waals surface area contributed by atoms with Gasteiger partial charge in [0.2, 0.25) is 0 Å². The Kier molecular flexibility index (Phi) is 10.8. The summed E-state index contributed by atoms with van der Waals surface area (Å²) in [4.78, 5) is 0. The maximum absolute atomic E-state index is 7.28. The minimum Gasteiger partial charge on any atom is -0.313 e. The van der Waals surface area contributed by atoms with Crippen LogP contribution in [0.5, 0.6) is 0 Å². The second-order valence-corrected chi connectivity index (χ2v) is 9.98. The highest BCUT2D eigenvalue weighted by molar-refractivity contribution is 5.87. The highest BCUT2D eigenvalue weighted by Gasteiger charge is 2.27. The predicted molar refractivity (Wildman–Crippen MR) is 148 cm³/mol. The van der Waals surface area contributed by atoms with E-state index in [-0.39, 0.29) is 5.41 Å². The summed E-state index contributed by atoms with van der Waals surface area (Å²) in [5.74, 6) is 0.572. The molecule has 1 heteroatoms. The van der Waals surface area contributed by atoms with Gasteiger partial charge in [-0.3, -0.25) is 0 Å². The van der Waals surface area contributed by atoms with E-state index in [4.69, 9.17) is 5.41 Å². The van der Waals surface area contributed by atoms with Crippen molar-refractivity contribution in [1.82, 2.24) is 0 Å². The number of allylic oxidation sites excluding steroid dienone is 2. The molecule has 2 aromatic carbocycles. The summed E-state index contributed by atoms with van der Waals surface area (Å²) >= 11 is 0.